The lowest BCUT2D eigenvalue weighted by molar-refractivity contribution is -0.122. The second-order valence-corrected chi connectivity index (χ2v) is 9.55. The number of phenolic OH excluding ortho intramolecular Hbond substituents is 2. The Kier molecular flexibility index (Phi) is 4.89. The first kappa shape index (κ1) is 20.8. The number of anilines is 1. The third-order valence-corrected chi connectivity index (χ3v) is 7.36. The third kappa shape index (κ3) is 2.98. The topological polar surface area (TPSA) is 99.9 Å². The number of amidine groups is 1. The summed E-state index contributed by atoms with van der Waals surface area (Å²) in [5.74, 6) is -0.0719. The number of phenols is 2. The summed E-state index contributed by atoms with van der Waals surface area (Å²) in [5.41, 5.74) is 1.76. The van der Waals surface area contributed by atoms with Crippen LogP contribution in [0.4, 0.5) is 5.69 Å². The molecule has 3 aliphatic heterocycles. The number of aromatic hydroxyl groups is 2. The number of carbonyl (C=O) groups is 1. The van der Waals surface area contributed by atoms with Crippen LogP contribution in [0, 0.1) is 11.3 Å². The van der Waals surface area contributed by atoms with Crippen LogP contribution in [0.3, 0.4) is 0 Å². The minimum Gasteiger partial charge on any atom is -0.504 e. The van der Waals surface area contributed by atoms with Crippen molar-refractivity contribution in [2.24, 2.45) is 5.92 Å². The third-order valence-electron chi connectivity index (χ3n) is 7.36. The molecule has 1 saturated heterocycles. The van der Waals surface area contributed by atoms with Gasteiger partial charge in [0.15, 0.2) is 11.5 Å². The number of rotatable bonds is 3. The first-order valence-corrected chi connectivity index (χ1v) is 11.4. The lowest BCUT2D eigenvalue weighted by atomic mass is 9.71. The number of nitrogens with one attached hydrogen (secondary N) is 2. The fourth-order valence-electron chi connectivity index (χ4n) is 5.66. The molecular formula is C25H30N4O3. The molecule has 1 fully saturated rings. The molecule has 3 heterocycles. The van der Waals surface area contributed by atoms with Gasteiger partial charge in [0.05, 0.1) is 0 Å². The molecule has 2 aromatic carbocycles. The fourth-order valence-corrected chi connectivity index (χ4v) is 5.66. The van der Waals surface area contributed by atoms with Crippen molar-refractivity contribution in [3.8, 4) is 11.5 Å². The van der Waals surface area contributed by atoms with Gasteiger partial charge in [-0.15, -0.1) is 0 Å². The molecule has 1 amide bonds. The Bertz CT molecular complexity index is 1100. The maximum Gasteiger partial charge on any atom is 0.244 e. The second-order valence-electron chi connectivity index (χ2n) is 9.55. The van der Waals surface area contributed by atoms with Crippen molar-refractivity contribution in [1.82, 2.24) is 10.2 Å². The zero-order chi connectivity index (χ0) is 22.6. The van der Waals surface area contributed by atoms with E-state index in [-0.39, 0.29) is 29.8 Å². The van der Waals surface area contributed by atoms with Gasteiger partial charge in [-0.05, 0) is 68.5 Å². The molecule has 168 valence electrons. The summed E-state index contributed by atoms with van der Waals surface area (Å²) in [5, 5.41) is 31.7. The molecule has 7 nitrogen and oxygen atoms in total. The normalized spacial score (nSPS) is 25.2. The molecule has 0 aromatic heterocycles. The van der Waals surface area contributed by atoms with Gasteiger partial charge in [-0.2, -0.15) is 0 Å². The van der Waals surface area contributed by atoms with Crippen molar-refractivity contribution >= 4 is 17.4 Å². The summed E-state index contributed by atoms with van der Waals surface area (Å²) in [6, 6.07) is 11.2. The maximum atomic E-state index is 14.2. The van der Waals surface area contributed by atoms with E-state index in [1.807, 2.05) is 29.2 Å². The maximum absolute atomic E-state index is 14.2. The van der Waals surface area contributed by atoms with E-state index in [0.717, 1.165) is 37.2 Å². The van der Waals surface area contributed by atoms with Gasteiger partial charge in [-0.3, -0.25) is 10.2 Å². The minimum atomic E-state index is -1.03. The first-order chi connectivity index (χ1) is 15.3. The van der Waals surface area contributed by atoms with Gasteiger partial charge in [0.2, 0.25) is 5.91 Å². The summed E-state index contributed by atoms with van der Waals surface area (Å²) in [7, 11) is 0. The van der Waals surface area contributed by atoms with Crippen molar-refractivity contribution < 1.29 is 15.0 Å². The number of likely N-dealkylation sites (tertiary alicyclic amines) is 1. The van der Waals surface area contributed by atoms with Crippen LogP contribution in [0.25, 0.3) is 0 Å². The van der Waals surface area contributed by atoms with Crippen molar-refractivity contribution in [2.75, 3.05) is 31.1 Å². The summed E-state index contributed by atoms with van der Waals surface area (Å²) in [6.07, 6.45) is 2.22. The summed E-state index contributed by atoms with van der Waals surface area (Å²) in [6.45, 7) is 7.41. The van der Waals surface area contributed by atoms with E-state index in [4.69, 9.17) is 5.41 Å². The molecule has 4 N–H and O–H groups in total. The van der Waals surface area contributed by atoms with Gasteiger partial charge < -0.3 is 25.3 Å². The van der Waals surface area contributed by atoms with Crippen molar-refractivity contribution in [3.05, 3.63) is 53.1 Å². The molecule has 2 aromatic rings. The number of benzene rings is 2. The predicted molar refractivity (Wildman–Crippen MR) is 124 cm³/mol. The largest absolute Gasteiger partial charge is 0.504 e. The Morgan fingerprint density at radius 1 is 1.19 bits per heavy atom. The highest BCUT2D eigenvalue weighted by Gasteiger charge is 2.55. The molecule has 2 atom stereocenters. The van der Waals surface area contributed by atoms with Crippen molar-refractivity contribution in [2.45, 2.75) is 38.1 Å². The number of piperidine rings is 1. The smallest absolute Gasteiger partial charge is 0.244 e. The van der Waals surface area contributed by atoms with E-state index in [9.17, 15) is 15.0 Å². The summed E-state index contributed by atoms with van der Waals surface area (Å²) in [4.78, 5) is 18.5. The summed E-state index contributed by atoms with van der Waals surface area (Å²) >= 11 is 0. The molecule has 7 heteroatoms. The van der Waals surface area contributed by atoms with Crippen LogP contribution in [0.1, 0.15) is 43.4 Å². The molecule has 0 saturated carbocycles. The monoisotopic (exact) mass is 434 g/mol. The number of amides is 1. The number of nitrogens with zero attached hydrogens (tertiary/aromatic N) is 2. The molecule has 2 unspecified atom stereocenters. The van der Waals surface area contributed by atoms with Gasteiger partial charge in [0, 0.05) is 36.9 Å². The van der Waals surface area contributed by atoms with Crippen LogP contribution in [-0.4, -0.2) is 59.1 Å². The Labute approximate surface area is 188 Å². The van der Waals surface area contributed by atoms with Gasteiger partial charge in [0.25, 0.3) is 0 Å². The molecule has 3 aliphatic rings. The van der Waals surface area contributed by atoms with E-state index in [2.05, 4.69) is 24.1 Å². The Morgan fingerprint density at radius 3 is 2.72 bits per heavy atom. The molecule has 32 heavy (non-hydrogen) atoms. The van der Waals surface area contributed by atoms with Crippen LogP contribution < -0.4 is 10.2 Å². The second kappa shape index (κ2) is 7.52. The number of hydrogen-bond donors (Lipinski definition) is 4. The highest BCUT2D eigenvalue weighted by molar-refractivity contribution is 6.14. The minimum absolute atomic E-state index is 0.0355. The number of hydrogen-bond acceptors (Lipinski definition) is 5. The van der Waals surface area contributed by atoms with E-state index >= 15 is 0 Å². The van der Waals surface area contributed by atoms with Gasteiger partial charge in [-0.1, -0.05) is 18.2 Å². The Hall–Kier alpha value is -3.06. The molecule has 1 spiro atoms. The molecule has 0 aliphatic carbocycles. The molecular weight excluding hydrogens is 404 g/mol. The van der Waals surface area contributed by atoms with Crippen LogP contribution in [0.2, 0.25) is 0 Å². The zero-order valence-corrected chi connectivity index (χ0v) is 18.6. The van der Waals surface area contributed by atoms with Crippen LogP contribution in [0.5, 0.6) is 11.5 Å². The van der Waals surface area contributed by atoms with Gasteiger partial charge in [0.1, 0.15) is 11.3 Å². The number of fused-ring (bicyclic) bond motifs is 4. The lowest BCUT2D eigenvalue weighted by Crippen LogP contribution is -2.54. The van der Waals surface area contributed by atoms with E-state index in [0.29, 0.717) is 29.6 Å². The van der Waals surface area contributed by atoms with Gasteiger partial charge in [-0.25, -0.2) is 0 Å². The lowest BCUT2D eigenvalue weighted by Gasteiger charge is -2.38. The summed E-state index contributed by atoms with van der Waals surface area (Å²) < 4.78 is 0. The highest BCUT2D eigenvalue weighted by atomic mass is 16.3. The van der Waals surface area contributed by atoms with Crippen molar-refractivity contribution in [1.29, 1.82) is 5.41 Å². The number of carbonyl (C=O) groups excluding carboxylic acids is 1. The predicted octanol–water partition coefficient (Wildman–Crippen LogP) is 2.78. The molecule has 0 radical (unpaired) electrons. The molecule has 0 bridgehead atoms. The number of para-hydroxylation sites is 1. The Morgan fingerprint density at radius 2 is 1.94 bits per heavy atom. The SMILES string of the molecule is CC(C)N1CCCC(CN2C(=O)C3(CNC(=N)c4cc(O)c(O)cc43)c3ccccc32)C1. The standard InChI is InChI=1S/C25H30N4O3/c1-15(2)28-9-5-6-16(12-28)13-29-20-8-4-3-7-18(20)25(24(29)32)14-27-23(26)17-10-21(30)22(31)11-19(17)25/h3-4,7-8,10-11,15-16,30-31H,5-6,9,12-14H2,1-2H3,(H2,26,27). The Balaban J connectivity index is 1.58. The van der Waals surface area contributed by atoms with E-state index in [1.54, 1.807) is 0 Å². The van der Waals surface area contributed by atoms with Crippen LogP contribution in [-0.2, 0) is 10.2 Å². The highest BCUT2D eigenvalue weighted by Crippen LogP contribution is 2.50. The van der Waals surface area contributed by atoms with E-state index in [1.165, 1.54) is 12.1 Å². The fraction of sp³-hybridized carbons (Fsp3) is 0.440. The van der Waals surface area contributed by atoms with Gasteiger partial charge >= 0.3 is 0 Å². The van der Waals surface area contributed by atoms with Crippen molar-refractivity contribution in [3.63, 3.8) is 0 Å². The quantitative estimate of drug-likeness (QED) is 0.557. The van der Waals surface area contributed by atoms with Crippen LogP contribution >= 0.6 is 0 Å². The van der Waals surface area contributed by atoms with E-state index < -0.39 is 5.41 Å². The average molecular weight is 435 g/mol. The first-order valence-electron chi connectivity index (χ1n) is 11.4. The molecule has 5 rings (SSSR count). The zero-order valence-electron chi connectivity index (χ0n) is 18.6. The average Bonchev–Trinajstić information content (AvgIpc) is 3.01. The van der Waals surface area contributed by atoms with Crippen LogP contribution in [0.15, 0.2) is 36.4 Å².